The summed E-state index contributed by atoms with van der Waals surface area (Å²) in [6, 6.07) is 9.48. The SMILES string of the molecule is COc1ccc(CC(=O)N2C[C@@H](Cc3cc(C)[nH]n3)[C@H](O)C2)cc1. The number of rotatable bonds is 5. The zero-order valence-electron chi connectivity index (χ0n) is 14.0. The molecule has 0 bridgehead atoms. The number of hydrogen-bond acceptors (Lipinski definition) is 4. The fraction of sp³-hybridized carbons (Fsp3) is 0.444. The standard InChI is InChI=1S/C18H23N3O3/c1-12-7-15(20-19-12)9-14-10-21(11-17(14)22)18(23)8-13-3-5-16(24-2)6-4-13/h3-7,14,17,22H,8-11H2,1-2H3,(H,19,20)/t14-,17-/m1/s1. The third-order valence-corrected chi connectivity index (χ3v) is 4.50. The molecule has 6 nitrogen and oxygen atoms in total. The van der Waals surface area contributed by atoms with E-state index in [1.165, 1.54) is 0 Å². The number of benzene rings is 1. The van der Waals surface area contributed by atoms with Crippen LogP contribution in [-0.4, -0.2) is 52.4 Å². The monoisotopic (exact) mass is 329 g/mol. The van der Waals surface area contributed by atoms with Crippen LogP contribution in [0.3, 0.4) is 0 Å². The van der Waals surface area contributed by atoms with Crippen LogP contribution >= 0.6 is 0 Å². The van der Waals surface area contributed by atoms with Gasteiger partial charge in [-0.3, -0.25) is 9.89 Å². The normalized spacial score (nSPS) is 20.4. The lowest BCUT2D eigenvalue weighted by molar-refractivity contribution is -0.129. The first-order chi connectivity index (χ1) is 11.5. The first-order valence-electron chi connectivity index (χ1n) is 8.15. The Hall–Kier alpha value is -2.34. The summed E-state index contributed by atoms with van der Waals surface area (Å²) in [5.41, 5.74) is 2.88. The van der Waals surface area contributed by atoms with E-state index >= 15 is 0 Å². The van der Waals surface area contributed by atoms with Crippen LogP contribution in [0.5, 0.6) is 5.75 Å². The first kappa shape index (κ1) is 16.5. The smallest absolute Gasteiger partial charge is 0.227 e. The maximum atomic E-state index is 12.5. The van der Waals surface area contributed by atoms with E-state index in [-0.39, 0.29) is 11.8 Å². The number of nitrogens with zero attached hydrogens (tertiary/aromatic N) is 2. The number of carbonyl (C=O) groups excluding carboxylic acids is 1. The fourth-order valence-corrected chi connectivity index (χ4v) is 3.14. The van der Waals surface area contributed by atoms with Gasteiger partial charge in [0.2, 0.25) is 5.91 Å². The van der Waals surface area contributed by atoms with E-state index in [2.05, 4.69) is 10.2 Å². The van der Waals surface area contributed by atoms with Crippen LogP contribution in [0.4, 0.5) is 0 Å². The molecule has 0 unspecified atom stereocenters. The van der Waals surface area contributed by atoms with Crippen molar-refractivity contribution in [2.24, 2.45) is 5.92 Å². The van der Waals surface area contributed by atoms with E-state index in [4.69, 9.17) is 4.74 Å². The second-order valence-corrected chi connectivity index (χ2v) is 6.40. The van der Waals surface area contributed by atoms with Crippen molar-refractivity contribution in [1.82, 2.24) is 15.1 Å². The van der Waals surface area contributed by atoms with E-state index in [1.54, 1.807) is 12.0 Å². The number of amides is 1. The highest BCUT2D eigenvalue weighted by Crippen LogP contribution is 2.22. The molecule has 2 heterocycles. The number of aromatic amines is 1. The van der Waals surface area contributed by atoms with Gasteiger partial charge in [0.05, 0.1) is 25.3 Å². The number of aryl methyl sites for hydroxylation is 1. The van der Waals surface area contributed by atoms with E-state index in [1.807, 2.05) is 37.3 Å². The lowest BCUT2D eigenvalue weighted by atomic mass is 10.0. The number of hydrogen-bond donors (Lipinski definition) is 2. The van der Waals surface area contributed by atoms with Crippen LogP contribution in [0.15, 0.2) is 30.3 Å². The molecular weight excluding hydrogens is 306 g/mol. The molecule has 1 aromatic heterocycles. The predicted molar refractivity (Wildman–Crippen MR) is 89.8 cm³/mol. The number of β-amino-alcohol motifs (C(OH)–C–C–N with tert-alkyl or cyclic N) is 1. The van der Waals surface area contributed by atoms with Gasteiger partial charge in [-0.25, -0.2) is 0 Å². The van der Waals surface area contributed by atoms with Gasteiger partial charge >= 0.3 is 0 Å². The van der Waals surface area contributed by atoms with Crippen LogP contribution in [0.1, 0.15) is 17.0 Å². The largest absolute Gasteiger partial charge is 0.497 e. The molecule has 1 fully saturated rings. The summed E-state index contributed by atoms with van der Waals surface area (Å²) in [5, 5.41) is 17.4. The Labute approximate surface area is 141 Å². The van der Waals surface area contributed by atoms with Gasteiger partial charge in [-0.1, -0.05) is 12.1 Å². The summed E-state index contributed by atoms with van der Waals surface area (Å²) in [5.74, 6) is 0.851. The number of nitrogens with one attached hydrogen (secondary N) is 1. The molecule has 1 aliphatic heterocycles. The number of aliphatic hydroxyl groups excluding tert-OH is 1. The highest BCUT2D eigenvalue weighted by atomic mass is 16.5. The minimum Gasteiger partial charge on any atom is -0.497 e. The third kappa shape index (κ3) is 3.76. The molecule has 1 aromatic carbocycles. The number of likely N-dealkylation sites (tertiary alicyclic amines) is 1. The molecule has 1 amide bonds. The Bertz CT molecular complexity index is 696. The lowest BCUT2D eigenvalue weighted by Crippen LogP contribution is -2.31. The molecule has 24 heavy (non-hydrogen) atoms. The number of H-pyrrole nitrogens is 1. The number of aromatic nitrogens is 2. The van der Waals surface area contributed by atoms with Crippen LogP contribution in [0.2, 0.25) is 0 Å². The summed E-state index contributed by atoms with van der Waals surface area (Å²) in [7, 11) is 1.62. The Kier molecular flexibility index (Phi) is 4.85. The minimum atomic E-state index is -0.498. The average molecular weight is 329 g/mol. The molecule has 3 rings (SSSR count). The molecule has 0 spiro atoms. The van der Waals surface area contributed by atoms with Crippen molar-refractivity contribution in [2.75, 3.05) is 20.2 Å². The van der Waals surface area contributed by atoms with Gasteiger partial charge in [0.15, 0.2) is 0 Å². The summed E-state index contributed by atoms with van der Waals surface area (Å²) in [6.45, 7) is 2.91. The highest BCUT2D eigenvalue weighted by Gasteiger charge is 2.34. The van der Waals surface area contributed by atoms with Crippen molar-refractivity contribution in [3.63, 3.8) is 0 Å². The van der Waals surface area contributed by atoms with Crippen molar-refractivity contribution in [3.8, 4) is 5.75 Å². The Morgan fingerprint density at radius 3 is 2.75 bits per heavy atom. The van der Waals surface area contributed by atoms with Crippen LogP contribution in [0.25, 0.3) is 0 Å². The van der Waals surface area contributed by atoms with Gasteiger partial charge in [-0.2, -0.15) is 5.10 Å². The molecule has 0 radical (unpaired) electrons. The molecule has 6 heteroatoms. The maximum absolute atomic E-state index is 12.5. The van der Waals surface area contributed by atoms with E-state index < -0.39 is 6.10 Å². The third-order valence-electron chi connectivity index (χ3n) is 4.50. The van der Waals surface area contributed by atoms with Gasteiger partial charge in [0.25, 0.3) is 0 Å². The van der Waals surface area contributed by atoms with Gasteiger partial charge in [0, 0.05) is 24.7 Å². The number of aliphatic hydroxyl groups is 1. The minimum absolute atomic E-state index is 0.0347. The Balaban J connectivity index is 1.57. The summed E-state index contributed by atoms with van der Waals surface area (Å²) in [4.78, 5) is 14.2. The Morgan fingerprint density at radius 2 is 2.12 bits per heavy atom. The highest BCUT2D eigenvalue weighted by molar-refractivity contribution is 5.79. The van der Waals surface area contributed by atoms with E-state index in [0.29, 0.717) is 25.9 Å². The van der Waals surface area contributed by atoms with Crippen molar-refractivity contribution in [1.29, 1.82) is 0 Å². The van der Waals surface area contributed by atoms with Gasteiger partial charge in [-0.15, -0.1) is 0 Å². The molecule has 2 aromatic rings. The first-order valence-corrected chi connectivity index (χ1v) is 8.15. The maximum Gasteiger partial charge on any atom is 0.227 e. The summed E-state index contributed by atoms with van der Waals surface area (Å²) >= 11 is 0. The van der Waals surface area contributed by atoms with Gasteiger partial charge < -0.3 is 14.7 Å². The quantitative estimate of drug-likeness (QED) is 0.867. The van der Waals surface area contributed by atoms with Crippen LogP contribution in [0, 0.1) is 12.8 Å². The molecule has 1 aliphatic rings. The topological polar surface area (TPSA) is 78.5 Å². The van der Waals surface area contributed by atoms with Crippen LogP contribution < -0.4 is 4.74 Å². The van der Waals surface area contributed by atoms with Crippen molar-refractivity contribution >= 4 is 5.91 Å². The number of methoxy groups -OCH3 is 1. The Morgan fingerprint density at radius 1 is 1.38 bits per heavy atom. The van der Waals surface area contributed by atoms with Crippen molar-refractivity contribution in [3.05, 3.63) is 47.3 Å². The van der Waals surface area contributed by atoms with Crippen LogP contribution in [-0.2, 0) is 17.6 Å². The fourth-order valence-electron chi connectivity index (χ4n) is 3.14. The van der Waals surface area contributed by atoms with Crippen molar-refractivity contribution < 1.29 is 14.6 Å². The molecule has 0 saturated carbocycles. The zero-order chi connectivity index (χ0) is 17.1. The predicted octanol–water partition coefficient (Wildman–Crippen LogP) is 1.33. The van der Waals surface area contributed by atoms with Gasteiger partial charge in [-0.05, 0) is 37.1 Å². The lowest BCUT2D eigenvalue weighted by Gasteiger charge is -2.16. The zero-order valence-corrected chi connectivity index (χ0v) is 14.0. The second-order valence-electron chi connectivity index (χ2n) is 6.40. The van der Waals surface area contributed by atoms with Crippen molar-refractivity contribution in [2.45, 2.75) is 25.9 Å². The van der Waals surface area contributed by atoms with Gasteiger partial charge in [0.1, 0.15) is 5.75 Å². The second kappa shape index (κ2) is 7.05. The summed E-state index contributed by atoms with van der Waals surface area (Å²) in [6.07, 6.45) is 0.518. The number of ether oxygens (including phenoxy) is 1. The molecule has 2 atom stereocenters. The molecule has 2 N–H and O–H groups in total. The molecule has 0 aliphatic carbocycles. The average Bonchev–Trinajstić information content (AvgIpc) is 3.15. The molecule has 128 valence electrons. The van der Waals surface area contributed by atoms with E-state index in [9.17, 15) is 9.90 Å². The van der Waals surface area contributed by atoms with E-state index in [0.717, 1.165) is 22.7 Å². The molecular formula is C18H23N3O3. The molecule has 1 saturated heterocycles. The number of carbonyl (C=O) groups is 1. The summed E-state index contributed by atoms with van der Waals surface area (Å²) < 4.78 is 5.12.